The molecule has 0 aliphatic rings. The van der Waals surface area contributed by atoms with Crippen molar-refractivity contribution in [2.75, 3.05) is 11.0 Å². The van der Waals surface area contributed by atoms with Crippen molar-refractivity contribution in [3.8, 4) is 0 Å². The highest BCUT2D eigenvalue weighted by Gasteiger charge is 2.12. The summed E-state index contributed by atoms with van der Waals surface area (Å²) in [5.74, 6) is -0.726. The molecule has 1 aromatic carbocycles. The van der Waals surface area contributed by atoms with Gasteiger partial charge in [-0.1, -0.05) is 6.07 Å². The lowest BCUT2D eigenvalue weighted by Crippen LogP contribution is -2.31. The molecule has 0 bridgehead atoms. The Labute approximate surface area is 104 Å². The van der Waals surface area contributed by atoms with Crippen molar-refractivity contribution in [2.45, 2.75) is 13.0 Å². The quantitative estimate of drug-likeness (QED) is 0.761. The summed E-state index contributed by atoms with van der Waals surface area (Å²) in [7, 11) is -3.53. The second-order valence-electron chi connectivity index (χ2n) is 3.84. The number of nitrogens with two attached hydrogens (primary N) is 1. The number of amides is 2. The van der Waals surface area contributed by atoms with Gasteiger partial charge >= 0.3 is 6.03 Å². The molecular formula is C10H14FN3O3S. The predicted molar refractivity (Wildman–Crippen MR) is 66.0 cm³/mol. The molecule has 8 heteroatoms. The van der Waals surface area contributed by atoms with E-state index in [0.717, 1.165) is 12.3 Å². The average molecular weight is 275 g/mol. The predicted octanol–water partition coefficient (Wildman–Crippen LogP) is 0.927. The molecule has 1 atom stereocenters. The summed E-state index contributed by atoms with van der Waals surface area (Å²) >= 11 is 0. The van der Waals surface area contributed by atoms with Crippen LogP contribution in [0.1, 0.15) is 18.5 Å². The maximum atomic E-state index is 13.6. The molecule has 0 saturated carbocycles. The normalized spacial score (nSPS) is 12.8. The van der Waals surface area contributed by atoms with Crippen LogP contribution in [0.4, 0.5) is 14.9 Å². The van der Waals surface area contributed by atoms with E-state index in [1.165, 1.54) is 12.1 Å². The van der Waals surface area contributed by atoms with E-state index in [-0.39, 0.29) is 5.69 Å². The Balaban J connectivity index is 2.95. The Morgan fingerprint density at radius 1 is 1.44 bits per heavy atom. The topological polar surface area (TPSA) is 101 Å². The lowest BCUT2D eigenvalue weighted by Gasteiger charge is -2.14. The van der Waals surface area contributed by atoms with E-state index in [4.69, 9.17) is 5.73 Å². The van der Waals surface area contributed by atoms with Crippen molar-refractivity contribution >= 4 is 21.7 Å². The molecule has 0 fully saturated rings. The first kappa shape index (κ1) is 14.2. The van der Waals surface area contributed by atoms with Crippen molar-refractivity contribution in [3.05, 3.63) is 29.6 Å². The number of sulfonamides is 1. The zero-order valence-corrected chi connectivity index (χ0v) is 10.7. The van der Waals surface area contributed by atoms with E-state index in [9.17, 15) is 17.6 Å². The lowest BCUT2D eigenvalue weighted by atomic mass is 10.1. The minimum absolute atomic E-state index is 0.146. The minimum atomic E-state index is -3.53. The fourth-order valence-electron chi connectivity index (χ4n) is 1.38. The van der Waals surface area contributed by atoms with E-state index < -0.39 is 27.9 Å². The number of nitrogens with one attached hydrogen (secondary N) is 2. The first-order chi connectivity index (χ1) is 8.19. The molecule has 6 nitrogen and oxygen atoms in total. The maximum absolute atomic E-state index is 13.6. The average Bonchev–Trinajstić information content (AvgIpc) is 2.18. The first-order valence-electron chi connectivity index (χ1n) is 5.02. The fourth-order valence-corrected chi connectivity index (χ4v) is 1.94. The van der Waals surface area contributed by atoms with Gasteiger partial charge in [0.15, 0.2) is 0 Å². The molecule has 100 valence electrons. The van der Waals surface area contributed by atoms with Crippen molar-refractivity contribution in [2.24, 2.45) is 5.73 Å². The molecule has 0 radical (unpaired) electrons. The van der Waals surface area contributed by atoms with Crippen molar-refractivity contribution in [3.63, 3.8) is 0 Å². The van der Waals surface area contributed by atoms with Gasteiger partial charge in [0.05, 0.1) is 18.0 Å². The molecule has 1 aromatic rings. The molecule has 0 aliphatic heterocycles. The molecular weight excluding hydrogens is 261 g/mol. The van der Waals surface area contributed by atoms with Crippen molar-refractivity contribution in [1.29, 1.82) is 0 Å². The van der Waals surface area contributed by atoms with Crippen LogP contribution in [0.15, 0.2) is 18.2 Å². The summed E-state index contributed by atoms with van der Waals surface area (Å²) in [5, 5.41) is 2.39. The van der Waals surface area contributed by atoms with Gasteiger partial charge in [0.1, 0.15) is 5.82 Å². The number of benzene rings is 1. The van der Waals surface area contributed by atoms with E-state index >= 15 is 0 Å². The highest BCUT2D eigenvalue weighted by molar-refractivity contribution is 7.92. The summed E-state index contributed by atoms with van der Waals surface area (Å²) in [6.07, 6.45) is 0.928. The molecule has 1 unspecified atom stereocenters. The second kappa shape index (κ2) is 5.21. The van der Waals surface area contributed by atoms with Crippen LogP contribution in [0.2, 0.25) is 0 Å². The van der Waals surface area contributed by atoms with Gasteiger partial charge in [-0.3, -0.25) is 4.72 Å². The van der Waals surface area contributed by atoms with Crippen LogP contribution in [0, 0.1) is 5.82 Å². The zero-order valence-electron chi connectivity index (χ0n) is 9.90. The monoisotopic (exact) mass is 275 g/mol. The van der Waals surface area contributed by atoms with E-state index in [0.29, 0.717) is 5.56 Å². The Morgan fingerprint density at radius 3 is 2.50 bits per heavy atom. The standard InChI is InChI=1S/C10H14FN3O3S/c1-6(13-10(12)15)7-3-4-9(8(11)5-7)14-18(2,16)17/h3-6,14H,1-2H3,(H3,12,13,15). The van der Waals surface area contributed by atoms with Crippen LogP contribution in [0.3, 0.4) is 0 Å². The van der Waals surface area contributed by atoms with Gasteiger partial charge in [-0.2, -0.15) is 0 Å². The van der Waals surface area contributed by atoms with Crippen LogP contribution in [-0.4, -0.2) is 20.7 Å². The smallest absolute Gasteiger partial charge is 0.312 e. The van der Waals surface area contributed by atoms with Gasteiger partial charge < -0.3 is 11.1 Å². The van der Waals surface area contributed by atoms with Gasteiger partial charge in [0.25, 0.3) is 0 Å². The molecule has 18 heavy (non-hydrogen) atoms. The van der Waals surface area contributed by atoms with Crippen LogP contribution in [0.5, 0.6) is 0 Å². The maximum Gasteiger partial charge on any atom is 0.312 e. The van der Waals surface area contributed by atoms with Gasteiger partial charge in [-0.25, -0.2) is 17.6 Å². The molecule has 1 rings (SSSR count). The molecule has 0 aliphatic carbocycles. The van der Waals surface area contributed by atoms with E-state index in [1.54, 1.807) is 6.92 Å². The van der Waals surface area contributed by atoms with E-state index in [2.05, 4.69) is 5.32 Å². The number of urea groups is 1. The number of carbonyl (C=O) groups is 1. The Bertz CT molecular complexity index is 559. The van der Waals surface area contributed by atoms with Gasteiger partial charge in [0.2, 0.25) is 10.0 Å². The Hall–Kier alpha value is -1.83. The van der Waals surface area contributed by atoms with E-state index in [1.807, 2.05) is 4.72 Å². The minimum Gasteiger partial charge on any atom is -0.352 e. The van der Waals surface area contributed by atoms with Gasteiger partial charge in [-0.15, -0.1) is 0 Å². The molecule has 4 N–H and O–H groups in total. The SMILES string of the molecule is CC(NC(N)=O)c1ccc(NS(C)(=O)=O)c(F)c1. The highest BCUT2D eigenvalue weighted by atomic mass is 32.2. The van der Waals surface area contributed by atoms with Gasteiger partial charge in [0, 0.05) is 0 Å². The number of hydrogen-bond donors (Lipinski definition) is 3. The van der Waals surface area contributed by atoms with Crippen LogP contribution >= 0.6 is 0 Å². The second-order valence-corrected chi connectivity index (χ2v) is 5.59. The Kier molecular flexibility index (Phi) is 4.12. The summed E-state index contributed by atoms with van der Waals surface area (Å²) < 4.78 is 37.6. The summed E-state index contributed by atoms with van der Waals surface area (Å²) in [6, 6.07) is 2.72. The molecule has 0 aromatic heterocycles. The Morgan fingerprint density at radius 2 is 2.06 bits per heavy atom. The van der Waals surface area contributed by atoms with Crippen LogP contribution in [-0.2, 0) is 10.0 Å². The molecule has 0 heterocycles. The molecule has 0 saturated heterocycles. The summed E-state index contributed by atoms with van der Waals surface area (Å²) in [6.45, 7) is 1.63. The van der Waals surface area contributed by atoms with Crippen LogP contribution < -0.4 is 15.8 Å². The fraction of sp³-hybridized carbons (Fsp3) is 0.300. The molecule has 2 amide bonds. The highest BCUT2D eigenvalue weighted by Crippen LogP contribution is 2.20. The van der Waals surface area contributed by atoms with Gasteiger partial charge in [-0.05, 0) is 24.6 Å². The number of carbonyl (C=O) groups excluding carboxylic acids is 1. The van der Waals surface area contributed by atoms with Crippen molar-refractivity contribution in [1.82, 2.24) is 5.32 Å². The number of anilines is 1. The lowest BCUT2D eigenvalue weighted by molar-refractivity contribution is 0.246. The summed E-state index contributed by atoms with van der Waals surface area (Å²) in [4.78, 5) is 10.6. The van der Waals surface area contributed by atoms with Crippen LogP contribution in [0.25, 0.3) is 0 Å². The third kappa shape index (κ3) is 4.21. The number of rotatable bonds is 4. The number of primary amides is 1. The van der Waals surface area contributed by atoms with Crippen molar-refractivity contribution < 1.29 is 17.6 Å². The number of hydrogen-bond acceptors (Lipinski definition) is 3. The zero-order chi connectivity index (χ0) is 13.9. The largest absolute Gasteiger partial charge is 0.352 e. The summed E-state index contributed by atoms with van der Waals surface area (Å²) in [5.41, 5.74) is 5.28. The number of halogens is 1. The third-order valence-corrected chi connectivity index (χ3v) is 2.74. The molecule has 0 spiro atoms. The first-order valence-corrected chi connectivity index (χ1v) is 6.91. The third-order valence-electron chi connectivity index (χ3n) is 2.15.